The van der Waals surface area contributed by atoms with E-state index >= 15 is 0 Å². The van der Waals surface area contributed by atoms with E-state index in [0.29, 0.717) is 5.75 Å². The zero-order valence-corrected chi connectivity index (χ0v) is 11.9. The molecule has 2 nitrogen and oxygen atoms in total. The Balaban J connectivity index is 2.83. The first-order chi connectivity index (χ1) is 8.49. The normalized spacial score (nSPS) is 12.0. The monoisotopic (exact) mass is 248 g/mol. The Hall–Kier alpha value is -1.44. The van der Waals surface area contributed by atoms with Gasteiger partial charge >= 0.3 is 0 Å². The van der Waals surface area contributed by atoms with Gasteiger partial charge in [-0.15, -0.1) is 0 Å². The van der Waals surface area contributed by atoms with Crippen LogP contribution in [0, 0.1) is 0 Å². The van der Waals surface area contributed by atoms with E-state index in [9.17, 15) is 5.11 Å². The van der Waals surface area contributed by atoms with Gasteiger partial charge in [0.05, 0.1) is 7.11 Å². The summed E-state index contributed by atoms with van der Waals surface area (Å²) in [5.41, 5.74) is 1.15. The van der Waals surface area contributed by atoms with Crippen LogP contribution in [-0.4, -0.2) is 12.2 Å². The maximum absolute atomic E-state index is 9.70. The summed E-state index contributed by atoms with van der Waals surface area (Å²) in [6.45, 7) is 6.53. The van der Waals surface area contributed by atoms with Crippen LogP contribution in [0.1, 0.15) is 45.6 Å². The van der Waals surface area contributed by atoms with Crippen molar-refractivity contribution in [2.24, 2.45) is 0 Å². The van der Waals surface area contributed by atoms with Crippen LogP contribution in [0.4, 0.5) is 0 Å². The van der Waals surface area contributed by atoms with Gasteiger partial charge in [0.15, 0.2) is 0 Å². The number of benzene rings is 1. The lowest BCUT2D eigenvalue weighted by Crippen LogP contribution is -2.16. The third-order valence-electron chi connectivity index (χ3n) is 3.25. The lowest BCUT2D eigenvalue weighted by atomic mass is 9.80. The minimum absolute atomic E-state index is 0.0318. The van der Waals surface area contributed by atoms with Gasteiger partial charge in [-0.2, -0.15) is 0 Å². The Bertz CT molecular complexity index is 406. The molecule has 0 amide bonds. The first-order valence-corrected chi connectivity index (χ1v) is 6.53. The molecule has 0 aromatic heterocycles. The molecule has 0 saturated heterocycles. The van der Waals surface area contributed by atoms with E-state index in [1.54, 1.807) is 13.2 Å². The minimum Gasteiger partial charge on any atom is -0.508 e. The Kier molecular flexibility index (Phi) is 5.26. The van der Waals surface area contributed by atoms with Crippen molar-refractivity contribution in [2.45, 2.75) is 45.4 Å². The molecular formula is C16H24O2. The van der Waals surface area contributed by atoms with Gasteiger partial charge in [-0.05, 0) is 42.4 Å². The number of phenols is 1. The van der Waals surface area contributed by atoms with Crippen molar-refractivity contribution in [2.75, 3.05) is 7.11 Å². The molecule has 1 N–H and O–H groups in total. The highest BCUT2D eigenvalue weighted by Gasteiger charge is 2.21. The highest BCUT2D eigenvalue weighted by molar-refractivity contribution is 5.40. The molecule has 0 atom stereocenters. The number of hydrogen-bond acceptors (Lipinski definition) is 2. The summed E-state index contributed by atoms with van der Waals surface area (Å²) in [5.74, 6) is 0.976. The van der Waals surface area contributed by atoms with Crippen molar-refractivity contribution < 1.29 is 9.84 Å². The SMILES string of the molecule is CCC=CCCC(C)(C)c1cc(O)cc(OC)c1. The number of phenolic OH excluding ortho intramolecular Hbond substituents is 1. The number of hydrogen-bond donors (Lipinski definition) is 1. The van der Waals surface area contributed by atoms with Crippen LogP contribution in [0.5, 0.6) is 11.5 Å². The van der Waals surface area contributed by atoms with Crippen LogP contribution in [-0.2, 0) is 5.41 Å². The van der Waals surface area contributed by atoms with Gasteiger partial charge in [-0.1, -0.05) is 32.9 Å². The molecule has 0 fully saturated rings. The molecule has 2 heteroatoms. The minimum atomic E-state index is 0.0318. The number of ether oxygens (including phenoxy) is 1. The molecule has 1 aromatic rings. The highest BCUT2D eigenvalue weighted by atomic mass is 16.5. The fourth-order valence-electron chi connectivity index (χ4n) is 1.96. The van der Waals surface area contributed by atoms with E-state index in [0.717, 1.165) is 24.8 Å². The van der Waals surface area contributed by atoms with Crippen molar-refractivity contribution in [1.82, 2.24) is 0 Å². The summed E-state index contributed by atoms with van der Waals surface area (Å²) >= 11 is 0. The number of allylic oxidation sites excluding steroid dienone is 2. The number of methoxy groups -OCH3 is 1. The fraction of sp³-hybridized carbons (Fsp3) is 0.500. The molecule has 1 aromatic carbocycles. The van der Waals surface area contributed by atoms with Crippen molar-refractivity contribution in [3.05, 3.63) is 35.9 Å². The molecule has 0 spiro atoms. The third kappa shape index (κ3) is 4.10. The molecule has 0 aliphatic carbocycles. The van der Waals surface area contributed by atoms with Crippen molar-refractivity contribution >= 4 is 0 Å². The van der Waals surface area contributed by atoms with Gasteiger partial charge in [-0.3, -0.25) is 0 Å². The Morgan fingerprint density at radius 2 is 1.94 bits per heavy atom. The van der Waals surface area contributed by atoms with E-state index in [-0.39, 0.29) is 11.2 Å². The molecule has 0 bridgehead atoms. The largest absolute Gasteiger partial charge is 0.508 e. The second-order valence-electron chi connectivity index (χ2n) is 5.22. The lowest BCUT2D eigenvalue weighted by molar-refractivity contribution is 0.401. The average Bonchev–Trinajstić information content (AvgIpc) is 2.34. The summed E-state index contributed by atoms with van der Waals surface area (Å²) in [5, 5.41) is 9.70. The Morgan fingerprint density at radius 1 is 1.22 bits per heavy atom. The third-order valence-corrected chi connectivity index (χ3v) is 3.25. The van der Waals surface area contributed by atoms with Crippen LogP contribution in [0.2, 0.25) is 0 Å². The van der Waals surface area contributed by atoms with Crippen molar-refractivity contribution in [1.29, 1.82) is 0 Å². The molecule has 0 unspecified atom stereocenters. The van der Waals surface area contributed by atoms with Crippen LogP contribution < -0.4 is 4.74 Å². The second kappa shape index (κ2) is 6.48. The zero-order valence-electron chi connectivity index (χ0n) is 11.9. The smallest absolute Gasteiger partial charge is 0.122 e. The van der Waals surface area contributed by atoms with Crippen molar-refractivity contribution in [3.63, 3.8) is 0 Å². The van der Waals surface area contributed by atoms with Crippen molar-refractivity contribution in [3.8, 4) is 11.5 Å². The van der Waals surface area contributed by atoms with Crippen LogP contribution in [0.25, 0.3) is 0 Å². The van der Waals surface area contributed by atoms with E-state index in [2.05, 4.69) is 32.9 Å². The number of aromatic hydroxyl groups is 1. The standard InChI is InChI=1S/C16H24O2/c1-5-6-7-8-9-16(2,3)13-10-14(17)12-15(11-13)18-4/h6-7,10-12,17H,5,8-9H2,1-4H3. The molecule has 18 heavy (non-hydrogen) atoms. The van der Waals surface area contributed by atoms with Crippen LogP contribution in [0.3, 0.4) is 0 Å². The van der Waals surface area contributed by atoms with E-state index in [1.165, 1.54) is 0 Å². The van der Waals surface area contributed by atoms with E-state index < -0.39 is 0 Å². The first-order valence-electron chi connectivity index (χ1n) is 6.53. The lowest BCUT2D eigenvalue weighted by Gasteiger charge is -2.25. The quantitative estimate of drug-likeness (QED) is 0.755. The first kappa shape index (κ1) is 14.6. The van der Waals surface area contributed by atoms with Gasteiger partial charge in [0, 0.05) is 6.07 Å². The van der Waals surface area contributed by atoms with Gasteiger partial charge in [0.2, 0.25) is 0 Å². The summed E-state index contributed by atoms with van der Waals surface area (Å²) < 4.78 is 5.20. The van der Waals surface area contributed by atoms with E-state index in [4.69, 9.17) is 4.74 Å². The van der Waals surface area contributed by atoms with Gasteiger partial charge < -0.3 is 9.84 Å². The van der Waals surface area contributed by atoms with Gasteiger partial charge in [0.25, 0.3) is 0 Å². The maximum atomic E-state index is 9.70. The molecule has 0 aliphatic rings. The molecule has 0 heterocycles. The summed E-state index contributed by atoms with van der Waals surface area (Å²) in [7, 11) is 1.62. The summed E-state index contributed by atoms with van der Waals surface area (Å²) in [6, 6.07) is 5.46. The summed E-state index contributed by atoms with van der Waals surface area (Å²) in [4.78, 5) is 0. The maximum Gasteiger partial charge on any atom is 0.122 e. The van der Waals surface area contributed by atoms with Gasteiger partial charge in [0.1, 0.15) is 11.5 Å². The molecule has 0 saturated carbocycles. The Morgan fingerprint density at radius 3 is 2.56 bits per heavy atom. The Labute approximate surface area is 110 Å². The molecule has 1 rings (SSSR count). The summed E-state index contributed by atoms with van der Waals surface area (Å²) in [6.07, 6.45) is 7.61. The van der Waals surface area contributed by atoms with Gasteiger partial charge in [-0.25, -0.2) is 0 Å². The zero-order chi connectivity index (χ0) is 13.6. The second-order valence-corrected chi connectivity index (χ2v) is 5.22. The van der Waals surface area contributed by atoms with Crippen LogP contribution >= 0.6 is 0 Å². The predicted octanol–water partition coefficient (Wildman–Crippen LogP) is 4.42. The fourth-order valence-corrected chi connectivity index (χ4v) is 1.96. The van der Waals surface area contributed by atoms with E-state index in [1.807, 2.05) is 12.1 Å². The topological polar surface area (TPSA) is 29.5 Å². The van der Waals surface area contributed by atoms with Crippen LogP contribution in [0.15, 0.2) is 30.4 Å². The number of rotatable bonds is 6. The molecule has 100 valence electrons. The average molecular weight is 248 g/mol. The molecular weight excluding hydrogens is 224 g/mol. The molecule has 0 aliphatic heterocycles. The predicted molar refractivity (Wildman–Crippen MR) is 76.3 cm³/mol. The highest BCUT2D eigenvalue weighted by Crippen LogP contribution is 2.33. The molecule has 0 radical (unpaired) electrons.